The van der Waals surface area contributed by atoms with Gasteiger partial charge in [-0.1, -0.05) is 74.0 Å². The summed E-state index contributed by atoms with van der Waals surface area (Å²) in [6.07, 6.45) is 0. The zero-order valence-electron chi connectivity index (χ0n) is 17.1. The van der Waals surface area contributed by atoms with Crippen LogP contribution in [0.2, 0.25) is 5.02 Å². The van der Waals surface area contributed by atoms with Crippen molar-refractivity contribution in [3.05, 3.63) is 89.4 Å². The van der Waals surface area contributed by atoms with Crippen molar-refractivity contribution in [2.24, 2.45) is 5.92 Å². The molecule has 1 atom stereocenters. The highest BCUT2D eigenvalue weighted by atomic mass is 35.5. The number of benzene rings is 3. The van der Waals surface area contributed by atoms with E-state index in [4.69, 9.17) is 11.6 Å². The lowest BCUT2D eigenvalue weighted by atomic mass is 9.97. The Morgan fingerprint density at radius 1 is 0.931 bits per heavy atom. The van der Waals surface area contributed by atoms with Crippen molar-refractivity contribution in [1.82, 2.24) is 4.90 Å². The zero-order chi connectivity index (χ0) is 20.8. The summed E-state index contributed by atoms with van der Waals surface area (Å²) >= 11 is 5.97. The van der Waals surface area contributed by atoms with Crippen LogP contribution in [-0.4, -0.2) is 30.4 Å². The Kier molecular flexibility index (Phi) is 6.95. The first-order valence-corrected chi connectivity index (χ1v) is 10.3. The van der Waals surface area contributed by atoms with E-state index in [0.717, 1.165) is 22.4 Å². The Bertz CT molecular complexity index is 939. The Balaban J connectivity index is 1.81. The highest BCUT2D eigenvalue weighted by molar-refractivity contribution is 6.30. The Labute approximate surface area is 178 Å². The van der Waals surface area contributed by atoms with Crippen LogP contribution in [0.15, 0.2) is 78.9 Å². The summed E-state index contributed by atoms with van der Waals surface area (Å²) in [4.78, 5) is 15.3. The number of amides is 1. The van der Waals surface area contributed by atoms with E-state index < -0.39 is 0 Å². The lowest BCUT2D eigenvalue weighted by molar-refractivity contribution is 0.0702. The molecule has 0 saturated heterocycles. The minimum Gasteiger partial charge on any atom is -0.383 e. The molecule has 29 heavy (non-hydrogen) atoms. The molecule has 3 aromatic rings. The molecule has 4 heteroatoms. The van der Waals surface area contributed by atoms with Gasteiger partial charge in [-0.25, -0.2) is 0 Å². The fraction of sp³-hybridized carbons (Fsp3) is 0.240. The highest BCUT2D eigenvalue weighted by Gasteiger charge is 2.25. The number of hydrogen-bond acceptors (Lipinski definition) is 2. The van der Waals surface area contributed by atoms with E-state index in [9.17, 15) is 4.79 Å². The van der Waals surface area contributed by atoms with Gasteiger partial charge in [0.05, 0.1) is 6.04 Å². The summed E-state index contributed by atoms with van der Waals surface area (Å²) in [5, 5.41) is 4.14. The predicted molar refractivity (Wildman–Crippen MR) is 123 cm³/mol. The van der Waals surface area contributed by atoms with Gasteiger partial charge >= 0.3 is 0 Å². The van der Waals surface area contributed by atoms with Crippen molar-refractivity contribution in [2.75, 3.05) is 18.9 Å². The molecule has 3 nitrogen and oxygen atoms in total. The standard InChI is InChI=1S/C25H27ClN2O/c1-18(2)24(17-27-21-15-13-20(26)14-16-21)28(3)25(29)23-12-8-7-11-22(23)19-9-5-4-6-10-19/h4-16,18,24,27H,17H2,1-3H3/t24-/m1/s1. The van der Waals surface area contributed by atoms with Gasteiger partial charge in [0.2, 0.25) is 0 Å². The van der Waals surface area contributed by atoms with Crippen LogP contribution < -0.4 is 5.32 Å². The molecule has 1 amide bonds. The van der Waals surface area contributed by atoms with Crippen LogP contribution in [0.5, 0.6) is 0 Å². The van der Waals surface area contributed by atoms with E-state index in [1.54, 1.807) is 0 Å². The van der Waals surface area contributed by atoms with Gasteiger partial charge in [-0.05, 0) is 47.4 Å². The third kappa shape index (κ3) is 5.18. The third-order valence-corrected chi connectivity index (χ3v) is 5.44. The van der Waals surface area contributed by atoms with E-state index in [0.29, 0.717) is 17.5 Å². The van der Waals surface area contributed by atoms with E-state index in [-0.39, 0.29) is 11.9 Å². The summed E-state index contributed by atoms with van der Waals surface area (Å²) in [5.74, 6) is 0.327. The van der Waals surface area contributed by atoms with E-state index in [1.165, 1.54) is 0 Å². The number of halogens is 1. The maximum absolute atomic E-state index is 13.4. The molecule has 0 radical (unpaired) electrons. The topological polar surface area (TPSA) is 32.3 Å². The minimum atomic E-state index is 0.0288. The van der Waals surface area contributed by atoms with Crippen LogP contribution >= 0.6 is 11.6 Å². The number of anilines is 1. The summed E-state index contributed by atoms with van der Waals surface area (Å²) in [6.45, 7) is 4.94. The number of likely N-dealkylation sites (N-methyl/N-ethyl adjacent to an activating group) is 1. The average molecular weight is 407 g/mol. The van der Waals surface area contributed by atoms with Crippen molar-refractivity contribution in [3.63, 3.8) is 0 Å². The molecule has 0 aliphatic heterocycles. The maximum atomic E-state index is 13.4. The molecule has 1 N–H and O–H groups in total. The molecule has 3 rings (SSSR count). The number of rotatable bonds is 7. The van der Waals surface area contributed by atoms with Gasteiger partial charge in [-0.3, -0.25) is 4.79 Å². The second-order valence-electron chi connectivity index (χ2n) is 7.53. The summed E-state index contributed by atoms with van der Waals surface area (Å²) < 4.78 is 0. The second-order valence-corrected chi connectivity index (χ2v) is 7.96. The van der Waals surface area contributed by atoms with Crippen molar-refractivity contribution >= 4 is 23.2 Å². The molecule has 0 saturated carbocycles. The number of nitrogens with zero attached hydrogens (tertiary/aromatic N) is 1. The molecule has 3 aromatic carbocycles. The molecule has 0 aliphatic rings. The van der Waals surface area contributed by atoms with Gasteiger partial charge in [0.1, 0.15) is 0 Å². The third-order valence-electron chi connectivity index (χ3n) is 5.19. The largest absolute Gasteiger partial charge is 0.383 e. The van der Waals surface area contributed by atoms with Gasteiger partial charge in [-0.15, -0.1) is 0 Å². The summed E-state index contributed by atoms with van der Waals surface area (Å²) in [5.41, 5.74) is 3.72. The monoisotopic (exact) mass is 406 g/mol. The number of nitrogens with one attached hydrogen (secondary N) is 1. The van der Waals surface area contributed by atoms with Crippen molar-refractivity contribution in [1.29, 1.82) is 0 Å². The van der Waals surface area contributed by atoms with Crippen molar-refractivity contribution in [2.45, 2.75) is 19.9 Å². The zero-order valence-corrected chi connectivity index (χ0v) is 17.9. The maximum Gasteiger partial charge on any atom is 0.254 e. The first-order valence-electron chi connectivity index (χ1n) is 9.88. The molecule has 150 valence electrons. The Morgan fingerprint density at radius 2 is 1.55 bits per heavy atom. The Hall–Kier alpha value is -2.78. The number of hydrogen-bond donors (Lipinski definition) is 1. The fourth-order valence-corrected chi connectivity index (χ4v) is 3.62. The van der Waals surface area contributed by atoms with Gasteiger partial charge in [-0.2, -0.15) is 0 Å². The van der Waals surface area contributed by atoms with Crippen LogP contribution in [0, 0.1) is 5.92 Å². The predicted octanol–water partition coefficient (Wildman–Crippen LogP) is 6.22. The lowest BCUT2D eigenvalue weighted by Crippen LogP contribution is -2.44. The van der Waals surface area contributed by atoms with Gasteiger partial charge < -0.3 is 10.2 Å². The van der Waals surface area contributed by atoms with E-state index >= 15 is 0 Å². The molecular weight excluding hydrogens is 380 g/mol. The molecule has 0 heterocycles. The molecular formula is C25H27ClN2O. The molecule has 0 fully saturated rings. The van der Waals surface area contributed by atoms with Gasteiger partial charge in [0.25, 0.3) is 5.91 Å². The quantitative estimate of drug-likeness (QED) is 0.505. The van der Waals surface area contributed by atoms with E-state index in [1.807, 2.05) is 90.8 Å². The Morgan fingerprint density at radius 3 is 2.21 bits per heavy atom. The van der Waals surface area contributed by atoms with Crippen LogP contribution in [0.25, 0.3) is 11.1 Å². The van der Waals surface area contributed by atoms with Crippen molar-refractivity contribution < 1.29 is 4.79 Å². The summed E-state index contributed by atoms with van der Waals surface area (Å²) in [6, 6.07) is 25.5. The second kappa shape index (κ2) is 9.62. The number of carbonyl (C=O) groups excluding carboxylic acids is 1. The molecule has 0 bridgehead atoms. The first-order chi connectivity index (χ1) is 14.0. The fourth-order valence-electron chi connectivity index (χ4n) is 3.49. The number of carbonyl (C=O) groups is 1. The smallest absolute Gasteiger partial charge is 0.254 e. The van der Waals surface area contributed by atoms with Crippen LogP contribution in [0.4, 0.5) is 5.69 Å². The molecule has 0 spiro atoms. The lowest BCUT2D eigenvalue weighted by Gasteiger charge is -2.32. The van der Waals surface area contributed by atoms with Crippen LogP contribution in [0.1, 0.15) is 24.2 Å². The van der Waals surface area contributed by atoms with Crippen LogP contribution in [-0.2, 0) is 0 Å². The van der Waals surface area contributed by atoms with E-state index in [2.05, 4.69) is 19.2 Å². The molecule has 0 unspecified atom stereocenters. The average Bonchev–Trinajstić information content (AvgIpc) is 2.75. The normalized spacial score (nSPS) is 11.9. The van der Waals surface area contributed by atoms with Gasteiger partial charge in [0, 0.05) is 29.9 Å². The van der Waals surface area contributed by atoms with Crippen molar-refractivity contribution in [3.8, 4) is 11.1 Å². The molecule has 0 aromatic heterocycles. The SMILES string of the molecule is CC(C)[C@@H](CNc1ccc(Cl)cc1)N(C)C(=O)c1ccccc1-c1ccccc1. The summed E-state index contributed by atoms with van der Waals surface area (Å²) in [7, 11) is 1.89. The first kappa shape index (κ1) is 20.9. The highest BCUT2D eigenvalue weighted by Crippen LogP contribution is 2.26. The van der Waals surface area contributed by atoms with Gasteiger partial charge in [0.15, 0.2) is 0 Å². The minimum absolute atomic E-state index is 0.0288. The van der Waals surface area contributed by atoms with Crippen LogP contribution in [0.3, 0.4) is 0 Å². The molecule has 0 aliphatic carbocycles.